The van der Waals surface area contributed by atoms with E-state index in [2.05, 4.69) is 10.3 Å². The molecule has 0 radical (unpaired) electrons. The maximum absolute atomic E-state index is 13.9. The van der Waals surface area contributed by atoms with Gasteiger partial charge in [0.15, 0.2) is 0 Å². The Morgan fingerprint density at radius 1 is 1.20 bits per heavy atom. The third-order valence-electron chi connectivity index (χ3n) is 3.80. The number of nitrogens with two attached hydrogens (primary N) is 1. The molecule has 3 aromatic rings. The van der Waals surface area contributed by atoms with E-state index in [-0.39, 0.29) is 27.7 Å². The summed E-state index contributed by atoms with van der Waals surface area (Å²) in [6, 6.07) is 11.2. The highest BCUT2D eigenvalue weighted by Gasteiger charge is 2.16. The molecular weight excluding hydrogens is 345 g/mol. The first-order chi connectivity index (χ1) is 11.9. The third-order valence-corrected chi connectivity index (χ3v) is 4.09. The summed E-state index contributed by atoms with van der Waals surface area (Å²) in [5, 5.41) is 4.21. The summed E-state index contributed by atoms with van der Waals surface area (Å²) in [4.78, 5) is 27.8. The molecule has 0 spiro atoms. The molecule has 0 saturated heterocycles. The van der Waals surface area contributed by atoms with E-state index in [1.165, 1.54) is 13.0 Å². The molecule has 1 aromatic heterocycles. The van der Waals surface area contributed by atoms with Gasteiger partial charge in [0.05, 0.1) is 0 Å². The van der Waals surface area contributed by atoms with Crippen molar-refractivity contribution in [2.45, 2.75) is 6.92 Å². The fraction of sp³-hybridized carbons (Fsp3) is 0.0556. The minimum atomic E-state index is -0.790. The lowest BCUT2D eigenvalue weighted by atomic mass is 10.1. The van der Waals surface area contributed by atoms with Gasteiger partial charge >= 0.3 is 0 Å². The number of amides is 2. The Morgan fingerprint density at radius 3 is 2.64 bits per heavy atom. The van der Waals surface area contributed by atoms with Gasteiger partial charge in [-0.3, -0.25) is 9.59 Å². The molecule has 0 atom stereocenters. The SMILES string of the molecule is Cc1c(F)cc(C(N)=O)cc1NC(=O)c1cc2ccccc2c(Cl)n1. The maximum atomic E-state index is 13.9. The van der Waals surface area contributed by atoms with Crippen LogP contribution < -0.4 is 11.1 Å². The number of primary amides is 1. The number of carbonyl (C=O) groups is 2. The lowest BCUT2D eigenvalue weighted by Crippen LogP contribution is -2.17. The summed E-state index contributed by atoms with van der Waals surface area (Å²) in [6.07, 6.45) is 0. The van der Waals surface area contributed by atoms with Crippen molar-refractivity contribution in [1.82, 2.24) is 4.98 Å². The number of carbonyl (C=O) groups excluding carboxylic acids is 2. The molecule has 1 heterocycles. The van der Waals surface area contributed by atoms with Gasteiger partial charge in [0.2, 0.25) is 5.91 Å². The summed E-state index contributed by atoms with van der Waals surface area (Å²) >= 11 is 6.12. The molecule has 3 N–H and O–H groups in total. The molecular formula is C18H13ClFN3O2. The van der Waals surface area contributed by atoms with Crippen molar-refractivity contribution in [3.63, 3.8) is 0 Å². The molecule has 5 nitrogen and oxygen atoms in total. The Labute approximate surface area is 147 Å². The van der Waals surface area contributed by atoms with Gasteiger partial charge in [-0.25, -0.2) is 9.37 Å². The second kappa shape index (κ2) is 6.49. The fourth-order valence-electron chi connectivity index (χ4n) is 2.41. The first-order valence-corrected chi connectivity index (χ1v) is 7.71. The third kappa shape index (κ3) is 3.29. The molecule has 0 unspecified atom stereocenters. The largest absolute Gasteiger partial charge is 0.366 e. The normalized spacial score (nSPS) is 10.7. The number of fused-ring (bicyclic) bond motifs is 1. The molecule has 0 aliphatic heterocycles. The van der Waals surface area contributed by atoms with Gasteiger partial charge in [-0.15, -0.1) is 0 Å². The summed E-state index contributed by atoms with van der Waals surface area (Å²) < 4.78 is 13.9. The number of benzene rings is 2. The van der Waals surface area contributed by atoms with Gasteiger partial charge in [-0.2, -0.15) is 0 Å². The van der Waals surface area contributed by atoms with Gasteiger partial charge in [-0.1, -0.05) is 35.9 Å². The molecule has 0 bridgehead atoms. The predicted molar refractivity (Wildman–Crippen MR) is 94.4 cm³/mol. The van der Waals surface area contributed by atoms with Gasteiger partial charge in [0.1, 0.15) is 16.7 Å². The molecule has 0 aliphatic carbocycles. The Morgan fingerprint density at radius 2 is 1.92 bits per heavy atom. The number of hydrogen-bond donors (Lipinski definition) is 2. The quantitative estimate of drug-likeness (QED) is 0.701. The first kappa shape index (κ1) is 16.9. The summed E-state index contributed by atoms with van der Waals surface area (Å²) in [6.45, 7) is 1.48. The minimum absolute atomic E-state index is 0.0390. The molecule has 126 valence electrons. The number of nitrogens with one attached hydrogen (secondary N) is 1. The van der Waals surface area contributed by atoms with Crippen molar-refractivity contribution in [2.24, 2.45) is 5.73 Å². The van der Waals surface area contributed by atoms with Gasteiger partial charge < -0.3 is 11.1 Å². The van der Waals surface area contributed by atoms with E-state index < -0.39 is 17.6 Å². The first-order valence-electron chi connectivity index (χ1n) is 7.33. The van der Waals surface area contributed by atoms with Crippen molar-refractivity contribution in [2.75, 3.05) is 5.32 Å². The number of rotatable bonds is 3. The second-order valence-electron chi connectivity index (χ2n) is 5.47. The van der Waals surface area contributed by atoms with Crippen LogP contribution in [0.25, 0.3) is 10.8 Å². The zero-order valence-electron chi connectivity index (χ0n) is 13.1. The molecule has 0 saturated carbocycles. The van der Waals surface area contributed by atoms with Crippen LogP contribution in [0.5, 0.6) is 0 Å². The highest BCUT2D eigenvalue weighted by Crippen LogP contribution is 2.24. The molecule has 3 rings (SSSR count). The van der Waals surface area contributed by atoms with Crippen molar-refractivity contribution in [3.8, 4) is 0 Å². The van der Waals surface area contributed by atoms with Crippen molar-refractivity contribution >= 4 is 39.9 Å². The summed E-state index contributed by atoms with van der Waals surface area (Å²) in [5.41, 5.74) is 5.54. The molecule has 7 heteroatoms. The van der Waals surface area contributed by atoms with Crippen LogP contribution in [-0.4, -0.2) is 16.8 Å². The molecule has 2 amide bonds. The van der Waals surface area contributed by atoms with E-state index in [1.807, 2.05) is 12.1 Å². The van der Waals surface area contributed by atoms with E-state index in [0.717, 1.165) is 16.8 Å². The smallest absolute Gasteiger partial charge is 0.274 e. The zero-order valence-corrected chi connectivity index (χ0v) is 13.9. The summed E-state index contributed by atoms with van der Waals surface area (Å²) in [7, 11) is 0. The van der Waals surface area contributed by atoms with E-state index >= 15 is 0 Å². The Hall–Kier alpha value is -2.99. The van der Waals surface area contributed by atoms with Crippen LogP contribution in [0, 0.1) is 12.7 Å². The number of anilines is 1. The van der Waals surface area contributed by atoms with Crippen LogP contribution in [0.4, 0.5) is 10.1 Å². The van der Waals surface area contributed by atoms with Crippen LogP contribution >= 0.6 is 11.6 Å². The number of pyridine rings is 1. The molecule has 2 aromatic carbocycles. The highest BCUT2D eigenvalue weighted by molar-refractivity contribution is 6.34. The average molecular weight is 358 g/mol. The van der Waals surface area contributed by atoms with Gasteiger partial charge in [0, 0.05) is 22.2 Å². The standard InChI is InChI=1S/C18H13ClFN3O2/c1-9-13(20)6-11(17(21)24)8-14(9)23-18(25)15-7-10-4-2-3-5-12(10)16(19)22-15/h2-8H,1H3,(H2,21,24)(H,23,25). The average Bonchev–Trinajstić information content (AvgIpc) is 2.58. The van der Waals surface area contributed by atoms with Crippen molar-refractivity contribution in [1.29, 1.82) is 0 Å². The van der Waals surface area contributed by atoms with Crippen molar-refractivity contribution in [3.05, 3.63) is 70.3 Å². The van der Waals surface area contributed by atoms with E-state index in [1.54, 1.807) is 18.2 Å². The zero-order chi connectivity index (χ0) is 18.1. The Balaban J connectivity index is 1.99. The molecule has 0 aliphatic rings. The van der Waals surface area contributed by atoms with Gasteiger partial charge in [-0.05, 0) is 30.5 Å². The monoisotopic (exact) mass is 357 g/mol. The summed E-state index contributed by atoms with van der Waals surface area (Å²) in [5.74, 6) is -2.01. The Bertz CT molecular complexity index is 1020. The number of aromatic nitrogens is 1. The van der Waals surface area contributed by atoms with E-state index in [4.69, 9.17) is 17.3 Å². The van der Waals surface area contributed by atoms with Crippen LogP contribution in [0.3, 0.4) is 0 Å². The predicted octanol–water partition coefficient (Wildman–Crippen LogP) is 3.69. The Kier molecular flexibility index (Phi) is 4.37. The van der Waals surface area contributed by atoms with Crippen LogP contribution in [-0.2, 0) is 0 Å². The van der Waals surface area contributed by atoms with Crippen LogP contribution in [0.15, 0.2) is 42.5 Å². The minimum Gasteiger partial charge on any atom is -0.366 e. The van der Waals surface area contributed by atoms with Crippen LogP contribution in [0.2, 0.25) is 5.15 Å². The van der Waals surface area contributed by atoms with Crippen LogP contribution in [0.1, 0.15) is 26.4 Å². The lowest BCUT2D eigenvalue weighted by Gasteiger charge is -2.11. The second-order valence-corrected chi connectivity index (χ2v) is 5.83. The number of halogens is 2. The topological polar surface area (TPSA) is 85.1 Å². The number of nitrogens with zero attached hydrogens (tertiary/aromatic N) is 1. The fourth-order valence-corrected chi connectivity index (χ4v) is 2.67. The number of hydrogen-bond acceptors (Lipinski definition) is 3. The molecule has 25 heavy (non-hydrogen) atoms. The van der Waals surface area contributed by atoms with Gasteiger partial charge in [0.25, 0.3) is 5.91 Å². The van der Waals surface area contributed by atoms with Crippen molar-refractivity contribution < 1.29 is 14.0 Å². The molecule has 0 fully saturated rings. The van der Waals surface area contributed by atoms with E-state index in [9.17, 15) is 14.0 Å². The lowest BCUT2D eigenvalue weighted by molar-refractivity contribution is 0.0995. The van der Waals surface area contributed by atoms with E-state index in [0.29, 0.717) is 0 Å². The maximum Gasteiger partial charge on any atom is 0.274 e. The highest BCUT2D eigenvalue weighted by atomic mass is 35.5.